The number of hydrogen-bond acceptors (Lipinski definition) is 15. The van der Waals surface area contributed by atoms with Crippen molar-refractivity contribution in [2.45, 2.75) is 56.8 Å². The van der Waals surface area contributed by atoms with Crippen LogP contribution in [0.4, 0.5) is 22.0 Å². The summed E-state index contributed by atoms with van der Waals surface area (Å²) in [6.07, 6.45) is -2.46. The standard InChI is InChI=1S/C32H45F5N4O13/c33-26-27(34)29(36)32(30(37)28(26)35)54-24(44)3-8-48-12-11-47-7-2-23(43)38-4-9-49-13-15-51-16-14-50-10-5-41-18-20(39-40-41)1-6-52-19-22-31(46)21(42)17-25(45)53-22/h18,21-22,25,31,42,45-46H,1-17,19H2,(H,38,43). The molecule has 17 nitrogen and oxygen atoms in total. The quantitative estimate of drug-likeness (QED) is 0.0234. The van der Waals surface area contributed by atoms with Crippen molar-refractivity contribution in [2.24, 2.45) is 0 Å². The Morgan fingerprint density at radius 2 is 1.33 bits per heavy atom. The summed E-state index contributed by atoms with van der Waals surface area (Å²) in [5, 5.41) is 39.9. The Balaban J connectivity index is 1.05. The molecule has 0 spiro atoms. The van der Waals surface area contributed by atoms with Crippen LogP contribution in [-0.4, -0.2) is 153 Å². The van der Waals surface area contributed by atoms with Crippen LogP contribution in [0.25, 0.3) is 0 Å². The predicted octanol–water partition coefficient (Wildman–Crippen LogP) is -0.0532. The average molecular weight is 789 g/mol. The van der Waals surface area contributed by atoms with Crippen LogP contribution in [0.2, 0.25) is 0 Å². The van der Waals surface area contributed by atoms with E-state index in [2.05, 4.69) is 20.4 Å². The normalized spacial score (nSPS) is 18.6. The number of aliphatic hydroxyl groups is 3. The summed E-state index contributed by atoms with van der Waals surface area (Å²) in [6.45, 7) is 2.94. The van der Waals surface area contributed by atoms with Gasteiger partial charge in [-0.1, -0.05) is 5.21 Å². The first-order chi connectivity index (χ1) is 26.0. The lowest BCUT2D eigenvalue weighted by atomic mass is 10.0. The molecule has 1 fully saturated rings. The third-order valence-electron chi connectivity index (χ3n) is 7.38. The zero-order chi connectivity index (χ0) is 39.3. The van der Waals surface area contributed by atoms with Crippen molar-refractivity contribution in [1.82, 2.24) is 20.3 Å². The minimum atomic E-state index is -2.37. The summed E-state index contributed by atoms with van der Waals surface area (Å²) in [5.74, 6) is -14.6. The van der Waals surface area contributed by atoms with Crippen LogP contribution in [0.3, 0.4) is 0 Å². The summed E-state index contributed by atoms with van der Waals surface area (Å²) in [5.41, 5.74) is 0.700. The van der Waals surface area contributed by atoms with Gasteiger partial charge in [0, 0.05) is 32.0 Å². The SMILES string of the molecule is O=C(CCOCCOCCC(=O)Oc1c(F)c(F)c(F)c(F)c1F)NCCOCCOCCOCCn1cc(CCOCC2OC(O)CC(O)C2O)nn1. The molecule has 4 atom stereocenters. The zero-order valence-corrected chi connectivity index (χ0v) is 29.3. The summed E-state index contributed by atoms with van der Waals surface area (Å²) >= 11 is 0. The van der Waals surface area contributed by atoms with Crippen LogP contribution in [0.5, 0.6) is 5.75 Å². The van der Waals surface area contributed by atoms with Crippen LogP contribution >= 0.6 is 0 Å². The number of ether oxygens (including phenoxy) is 8. The first-order valence-electron chi connectivity index (χ1n) is 17.0. The summed E-state index contributed by atoms with van der Waals surface area (Å²) in [6, 6.07) is 0. The Labute approximate surface area is 306 Å². The fourth-order valence-corrected chi connectivity index (χ4v) is 4.54. The Morgan fingerprint density at radius 3 is 2.00 bits per heavy atom. The molecule has 1 amide bonds. The molecule has 3 rings (SSSR count). The molecule has 0 bridgehead atoms. The molecule has 2 heterocycles. The van der Waals surface area contributed by atoms with E-state index in [1.165, 1.54) is 0 Å². The fraction of sp³-hybridized carbons (Fsp3) is 0.688. The summed E-state index contributed by atoms with van der Waals surface area (Å²) < 4.78 is 110. The minimum absolute atomic E-state index is 0.00468. The highest BCUT2D eigenvalue weighted by atomic mass is 19.2. The van der Waals surface area contributed by atoms with E-state index < -0.39 is 71.8 Å². The lowest BCUT2D eigenvalue weighted by Crippen LogP contribution is -2.50. The van der Waals surface area contributed by atoms with Gasteiger partial charge in [-0.25, -0.2) is 17.9 Å². The number of aromatic nitrogens is 3. The van der Waals surface area contributed by atoms with Crippen molar-refractivity contribution in [3.05, 3.63) is 41.0 Å². The zero-order valence-electron chi connectivity index (χ0n) is 29.3. The second-order valence-corrected chi connectivity index (χ2v) is 11.5. The number of benzene rings is 1. The molecule has 1 aromatic carbocycles. The molecule has 2 aromatic rings. The molecule has 1 saturated heterocycles. The number of rotatable bonds is 27. The molecule has 1 aromatic heterocycles. The lowest BCUT2D eigenvalue weighted by Gasteiger charge is -2.34. The minimum Gasteiger partial charge on any atom is -0.420 e. The Hall–Kier alpha value is -3.45. The summed E-state index contributed by atoms with van der Waals surface area (Å²) in [4.78, 5) is 23.5. The van der Waals surface area contributed by atoms with Gasteiger partial charge in [0.1, 0.15) is 12.2 Å². The van der Waals surface area contributed by atoms with Gasteiger partial charge in [0.05, 0.1) is 104 Å². The molecular weight excluding hydrogens is 743 g/mol. The first-order valence-corrected chi connectivity index (χ1v) is 17.0. The number of aliphatic hydroxyl groups excluding tert-OH is 3. The van der Waals surface area contributed by atoms with E-state index >= 15 is 0 Å². The van der Waals surface area contributed by atoms with E-state index in [9.17, 15) is 46.9 Å². The lowest BCUT2D eigenvalue weighted by molar-refractivity contribution is -0.242. The molecule has 4 unspecified atom stereocenters. The molecule has 22 heteroatoms. The number of nitrogens with one attached hydrogen (secondary N) is 1. The maximum atomic E-state index is 13.6. The number of carbonyl (C=O) groups is 2. The molecular formula is C32H45F5N4O13. The van der Waals surface area contributed by atoms with Crippen LogP contribution in [0, 0.1) is 29.1 Å². The molecule has 0 radical (unpaired) electrons. The fourth-order valence-electron chi connectivity index (χ4n) is 4.54. The maximum Gasteiger partial charge on any atom is 0.313 e. The van der Waals surface area contributed by atoms with Gasteiger partial charge >= 0.3 is 5.97 Å². The van der Waals surface area contributed by atoms with E-state index in [0.29, 0.717) is 51.7 Å². The third-order valence-corrected chi connectivity index (χ3v) is 7.38. The molecule has 0 aliphatic carbocycles. The Kier molecular flexibility index (Phi) is 20.7. The number of carbonyl (C=O) groups excluding carboxylic acids is 2. The van der Waals surface area contributed by atoms with Crippen molar-refractivity contribution in [3.8, 4) is 5.75 Å². The second-order valence-electron chi connectivity index (χ2n) is 11.5. The number of halogens is 5. The topological polar surface area (TPSA) is 211 Å². The van der Waals surface area contributed by atoms with Gasteiger partial charge in [-0.2, -0.15) is 8.78 Å². The van der Waals surface area contributed by atoms with Gasteiger partial charge in [0.25, 0.3) is 0 Å². The van der Waals surface area contributed by atoms with Crippen LogP contribution < -0.4 is 10.1 Å². The molecule has 0 saturated carbocycles. The van der Waals surface area contributed by atoms with Gasteiger partial charge in [-0.15, -0.1) is 5.10 Å². The Morgan fingerprint density at radius 1 is 0.759 bits per heavy atom. The molecule has 306 valence electrons. The van der Waals surface area contributed by atoms with Crippen molar-refractivity contribution < 1.29 is 84.8 Å². The van der Waals surface area contributed by atoms with E-state index in [4.69, 9.17) is 33.2 Å². The molecule has 54 heavy (non-hydrogen) atoms. The molecule has 4 N–H and O–H groups in total. The highest BCUT2D eigenvalue weighted by Crippen LogP contribution is 2.29. The highest BCUT2D eigenvalue weighted by Gasteiger charge is 2.36. The van der Waals surface area contributed by atoms with E-state index in [0.717, 1.165) is 0 Å². The van der Waals surface area contributed by atoms with Crippen LogP contribution in [0.1, 0.15) is 25.0 Å². The van der Waals surface area contributed by atoms with E-state index in [-0.39, 0.29) is 71.5 Å². The second kappa shape index (κ2) is 24.9. The molecule has 1 aliphatic heterocycles. The van der Waals surface area contributed by atoms with Crippen LogP contribution in [-0.2, 0) is 55.7 Å². The van der Waals surface area contributed by atoms with E-state index in [1.54, 1.807) is 10.9 Å². The number of amides is 1. The monoisotopic (exact) mass is 788 g/mol. The van der Waals surface area contributed by atoms with Gasteiger partial charge in [-0.05, 0) is 0 Å². The van der Waals surface area contributed by atoms with Crippen molar-refractivity contribution in [3.63, 3.8) is 0 Å². The Bertz CT molecular complexity index is 1400. The average Bonchev–Trinajstić information content (AvgIpc) is 3.61. The van der Waals surface area contributed by atoms with Gasteiger partial charge in [-0.3, -0.25) is 9.59 Å². The van der Waals surface area contributed by atoms with Crippen LogP contribution in [0.15, 0.2) is 6.20 Å². The predicted molar refractivity (Wildman–Crippen MR) is 170 cm³/mol. The largest absolute Gasteiger partial charge is 0.420 e. The molecule has 1 aliphatic rings. The maximum absolute atomic E-state index is 13.6. The third kappa shape index (κ3) is 16.1. The van der Waals surface area contributed by atoms with Crippen molar-refractivity contribution >= 4 is 11.9 Å². The summed E-state index contributed by atoms with van der Waals surface area (Å²) in [7, 11) is 0. The smallest absolute Gasteiger partial charge is 0.313 e. The van der Waals surface area contributed by atoms with Gasteiger partial charge < -0.3 is 58.5 Å². The number of esters is 1. The first kappa shape index (κ1) is 44.9. The number of nitrogens with zero attached hydrogens (tertiary/aromatic N) is 3. The van der Waals surface area contributed by atoms with Gasteiger partial charge in [0.15, 0.2) is 6.29 Å². The highest BCUT2D eigenvalue weighted by molar-refractivity contribution is 5.75. The van der Waals surface area contributed by atoms with Crippen molar-refractivity contribution in [2.75, 3.05) is 85.8 Å². The number of hydrogen-bond donors (Lipinski definition) is 4. The van der Waals surface area contributed by atoms with Crippen molar-refractivity contribution in [1.29, 1.82) is 0 Å². The van der Waals surface area contributed by atoms with Gasteiger partial charge in [0.2, 0.25) is 40.7 Å². The van der Waals surface area contributed by atoms with E-state index in [1.807, 2.05) is 0 Å².